The number of nitrogens with zero attached hydrogens (tertiary/aromatic N) is 10. The number of amides is 3. The van der Waals surface area contributed by atoms with Crippen LogP contribution in [0.3, 0.4) is 0 Å². The van der Waals surface area contributed by atoms with Crippen LogP contribution in [0.2, 0.25) is 10.0 Å². The van der Waals surface area contributed by atoms with Crippen LogP contribution in [0.5, 0.6) is 5.75 Å². The summed E-state index contributed by atoms with van der Waals surface area (Å²) in [5.41, 5.74) is 11.5. The highest BCUT2D eigenvalue weighted by molar-refractivity contribution is 6.30. The molecule has 0 radical (unpaired) electrons. The second kappa shape index (κ2) is 31.9. The molecule has 2 aromatic heterocycles. The molecular weight excluding hydrogens is 1210 g/mol. The van der Waals surface area contributed by atoms with Gasteiger partial charge in [0, 0.05) is 87.2 Å². The van der Waals surface area contributed by atoms with Crippen molar-refractivity contribution >= 4 is 58.4 Å². The van der Waals surface area contributed by atoms with E-state index in [9.17, 15) is 24.0 Å². The number of aryl methyl sites for hydroxylation is 1. The van der Waals surface area contributed by atoms with Crippen molar-refractivity contribution < 1.29 is 42.5 Å². The quantitative estimate of drug-likeness (QED) is 0.0292. The zero-order valence-corrected chi connectivity index (χ0v) is 55.3. The Bertz CT molecular complexity index is 3590. The number of hydrogen-bond donors (Lipinski definition) is 2. The number of ether oxygens (including phenoxy) is 5. The first-order valence-electron chi connectivity index (χ1n) is 31.7. The van der Waals surface area contributed by atoms with Crippen LogP contribution in [-0.2, 0) is 47.8 Å². The number of nitrogen functional groups attached to an aromatic ring is 1. The highest BCUT2D eigenvalue weighted by Gasteiger charge is 2.38. The summed E-state index contributed by atoms with van der Waals surface area (Å²) >= 11 is 12.8. The van der Waals surface area contributed by atoms with E-state index < -0.39 is 11.4 Å². The Labute approximate surface area is 549 Å². The molecule has 4 aromatic carbocycles. The molecule has 490 valence electrons. The number of urea groups is 1. The van der Waals surface area contributed by atoms with Crippen molar-refractivity contribution in [3.63, 3.8) is 0 Å². The summed E-state index contributed by atoms with van der Waals surface area (Å²) in [6.45, 7) is 20.1. The number of aliphatic imine (C=N–C) groups is 1. The summed E-state index contributed by atoms with van der Waals surface area (Å²) in [5.74, 6) is 0.695. The summed E-state index contributed by atoms with van der Waals surface area (Å²) < 4.78 is 45.8. The molecule has 3 aliphatic heterocycles. The maximum Gasteiger partial charge on any atom is 0.323 e. The number of Topliss-reactive ketones (excluding diaryl/α,β-unsaturated/α-hetero) is 1. The third-order valence-corrected chi connectivity index (χ3v) is 17.9. The van der Waals surface area contributed by atoms with Gasteiger partial charge < -0.3 is 44.1 Å². The lowest BCUT2D eigenvalue weighted by atomic mass is 9.77. The number of aromatic nitrogens is 4. The number of fused-ring (bicyclic) bond motifs is 8. The number of nitrogens with two attached hydrogens (primary N) is 1. The summed E-state index contributed by atoms with van der Waals surface area (Å²) in [5, 5.41) is 19.5. The average Bonchev–Trinajstić information content (AvgIpc) is 1.45. The first kappa shape index (κ1) is 68.8. The van der Waals surface area contributed by atoms with Gasteiger partial charge >= 0.3 is 6.03 Å². The van der Waals surface area contributed by atoms with Gasteiger partial charge in [0.05, 0.1) is 106 Å². The molecule has 5 heterocycles. The fourth-order valence-electron chi connectivity index (χ4n) is 11.9. The first-order valence-corrected chi connectivity index (χ1v) is 32.5. The summed E-state index contributed by atoms with van der Waals surface area (Å²) in [6, 6.07) is 27.4. The molecule has 0 aliphatic carbocycles. The Morgan fingerprint density at radius 1 is 0.837 bits per heavy atom. The van der Waals surface area contributed by atoms with Gasteiger partial charge in [-0.15, -0.1) is 0 Å². The number of benzene rings is 4. The van der Waals surface area contributed by atoms with E-state index in [1.165, 1.54) is 29.3 Å². The van der Waals surface area contributed by atoms with Gasteiger partial charge in [-0.25, -0.2) is 19.2 Å². The van der Waals surface area contributed by atoms with Gasteiger partial charge in [0.25, 0.3) is 5.91 Å². The van der Waals surface area contributed by atoms with Crippen molar-refractivity contribution in [3.8, 4) is 23.1 Å². The number of piperazine rings is 1. The third-order valence-electron chi connectivity index (χ3n) is 17.4. The summed E-state index contributed by atoms with van der Waals surface area (Å²) in [7, 11) is 1.66. The minimum atomic E-state index is -0.883. The number of nitrogens with one attached hydrogen (secondary N) is 1. The van der Waals surface area contributed by atoms with E-state index in [-0.39, 0.29) is 72.6 Å². The lowest BCUT2D eigenvalue weighted by Crippen LogP contribution is -2.53. The lowest BCUT2D eigenvalue weighted by molar-refractivity contribution is -0.120. The molecule has 23 heteroatoms. The Morgan fingerprint density at radius 2 is 1.49 bits per heavy atom. The molecule has 2 bridgehead atoms. The fourth-order valence-corrected chi connectivity index (χ4v) is 12.2. The highest BCUT2D eigenvalue weighted by atomic mass is 35.5. The first-order chi connectivity index (χ1) is 44.3. The zero-order valence-electron chi connectivity index (χ0n) is 53.8. The number of anilines is 2. The number of halogens is 3. The van der Waals surface area contributed by atoms with Crippen molar-refractivity contribution in [2.45, 2.75) is 110 Å². The Hall–Kier alpha value is -7.55. The number of carbonyl (C=O) groups is 3. The van der Waals surface area contributed by atoms with Gasteiger partial charge in [0.15, 0.2) is 17.3 Å². The highest BCUT2D eigenvalue weighted by Crippen LogP contribution is 2.44. The van der Waals surface area contributed by atoms with E-state index in [1.54, 1.807) is 11.7 Å². The van der Waals surface area contributed by atoms with Gasteiger partial charge in [-0.3, -0.25) is 29.5 Å². The molecule has 0 saturated carbocycles. The van der Waals surface area contributed by atoms with Crippen molar-refractivity contribution in [2.75, 3.05) is 116 Å². The van der Waals surface area contributed by atoms with Crippen LogP contribution in [0.15, 0.2) is 96.1 Å². The molecule has 2 fully saturated rings. The number of hydrogen-bond acceptors (Lipinski definition) is 16. The standard InChI is InChI=1S/C69H85Cl2FN12O8/c1-8-92-61-41-49(68(3,4)5)17-23-55(61)64(78-69(6,48-15-20-51(71)21-16-48)46(2)47-13-18-50(70)19-14-47)77-67(87)82-30-28-81(29-31-82)32-34-89-36-38-91-40-39-90-37-35-88-33-25-53(85)11-9-27-84-60-45-80(7)66(86)54-24-22-52(72)42-56(54)59-12-10-26-83(59)65-63(74)75-44-58(76-65)62(60)57(43-73)79-84/h13-24,41-42,44,46,59H,8-12,25-40,45H2,1-7H3,(H2,74,75)(H,77,78,87)/t46-,59+,69+/m0/s1. The predicted molar refractivity (Wildman–Crippen MR) is 354 cm³/mol. The SMILES string of the molecule is CCOc1cc(C(C)(C)C)ccc1C(=N[C@@](C)(c1ccc(Cl)cc1)[C@@H](C)c1ccc(Cl)cc1)NC(=O)N1CCN(CCOCCOCCOCCOCCC(=O)CCCn2nc(C#N)c3c2CN(C)C(=O)c2ccc(F)cc2[C@H]2CCCN2c2nc-3cnc2N)CC1. The van der Waals surface area contributed by atoms with E-state index in [0.29, 0.717) is 173 Å². The van der Waals surface area contributed by atoms with Crippen molar-refractivity contribution in [2.24, 2.45) is 4.99 Å². The lowest BCUT2D eigenvalue weighted by Gasteiger charge is -2.36. The largest absolute Gasteiger partial charge is 0.493 e. The van der Waals surface area contributed by atoms with Crippen molar-refractivity contribution in [1.82, 2.24) is 39.8 Å². The molecule has 3 atom stereocenters. The maximum absolute atomic E-state index is 14.8. The Balaban J connectivity index is 0.674. The van der Waals surface area contributed by atoms with Crippen LogP contribution in [0.1, 0.15) is 135 Å². The van der Waals surface area contributed by atoms with Crippen molar-refractivity contribution in [3.05, 3.63) is 152 Å². The monoisotopic (exact) mass is 1300 g/mol. The molecule has 3 N–H and O–H groups in total. The maximum atomic E-state index is 14.8. The normalized spacial score (nSPS) is 16.4. The van der Waals surface area contributed by atoms with Gasteiger partial charge in [0.1, 0.15) is 29.3 Å². The number of rotatable bonds is 26. The number of ketones is 1. The number of carbonyl (C=O) groups excluding carboxylic acids is 3. The second-order valence-corrected chi connectivity index (χ2v) is 25.5. The molecule has 6 aromatic rings. The molecule has 2 saturated heterocycles. The molecule has 9 rings (SSSR count). The van der Waals surface area contributed by atoms with E-state index in [1.807, 2.05) is 77.4 Å². The van der Waals surface area contributed by atoms with Gasteiger partial charge in [-0.1, -0.05) is 81.2 Å². The Kier molecular flexibility index (Phi) is 23.8. The second-order valence-electron chi connectivity index (χ2n) is 24.6. The van der Waals surface area contributed by atoms with E-state index in [2.05, 4.69) is 67.1 Å². The zero-order chi connectivity index (χ0) is 65.5. The topological polar surface area (TPSA) is 228 Å². The third kappa shape index (κ3) is 17.2. The smallest absolute Gasteiger partial charge is 0.323 e. The summed E-state index contributed by atoms with van der Waals surface area (Å²) in [6.07, 6.45) is 3.81. The van der Waals surface area contributed by atoms with Crippen LogP contribution >= 0.6 is 23.2 Å². The van der Waals surface area contributed by atoms with Crippen LogP contribution in [0.4, 0.5) is 20.8 Å². The van der Waals surface area contributed by atoms with E-state index in [4.69, 9.17) is 62.6 Å². The number of nitriles is 1. The molecule has 92 heavy (non-hydrogen) atoms. The Morgan fingerprint density at radius 3 is 2.15 bits per heavy atom. The van der Waals surface area contributed by atoms with E-state index >= 15 is 0 Å². The van der Waals surface area contributed by atoms with E-state index in [0.717, 1.165) is 23.1 Å². The molecule has 0 unspecified atom stereocenters. The minimum Gasteiger partial charge on any atom is -0.493 e. The predicted octanol–water partition coefficient (Wildman–Crippen LogP) is 11.2. The molecule has 3 aliphatic rings. The number of amidine groups is 1. The molecule has 20 nitrogen and oxygen atoms in total. The van der Waals surface area contributed by atoms with Gasteiger partial charge in [0.2, 0.25) is 0 Å². The van der Waals surface area contributed by atoms with Gasteiger partial charge in [-0.05, 0) is 115 Å². The molecule has 3 amide bonds. The minimum absolute atomic E-state index is 0.00866. The van der Waals surface area contributed by atoms with Crippen LogP contribution in [-0.4, -0.2) is 164 Å². The van der Waals surface area contributed by atoms with Crippen molar-refractivity contribution in [1.29, 1.82) is 5.26 Å². The molecular formula is C69H85Cl2FN12O8. The average molecular weight is 1300 g/mol. The van der Waals surface area contributed by atoms with Crippen LogP contribution in [0, 0.1) is 17.1 Å². The van der Waals surface area contributed by atoms with Gasteiger partial charge in [-0.2, -0.15) is 10.4 Å². The fraction of sp³-hybridized carbons (Fsp3) is 0.478. The molecule has 0 spiro atoms. The van der Waals surface area contributed by atoms with Crippen LogP contribution in [0.25, 0.3) is 11.3 Å². The summed E-state index contributed by atoms with van der Waals surface area (Å²) in [4.78, 5) is 64.1. The van der Waals surface area contributed by atoms with Crippen LogP contribution < -0.4 is 20.7 Å².